The molecule has 1 aromatic carbocycles. The second kappa shape index (κ2) is 3.69. The lowest BCUT2D eigenvalue weighted by molar-refractivity contribution is 0.101. The van der Waals surface area contributed by atoms with Gasteiger partial charge in [-0.05, 0) is 19.1 Å². The van der Waals surface area contributed by atoms with Crippen molar-refractivity contribution in [3.63, 3.8) is 0 Å². The summed E-state index contributed by atoms with van der Waals surface area (Å²) in [4.78, 5) is 10.8. The second-order valence-corrected chi connectivity index (χ2v) is 2.82. The fourth-order valence-electron chi connectivity index (χ4n) is 1.06. The quantitative estimate of drug-likeness (QED) is 0.592. The van der Waals surface area contributed by atoms with Crippen LogP contribution in [0.25, 0.3) is 0 Å². The fourth-order valence-corrected chi connectivity index (χ4v) is 1.06. The molecule has 0 radical (unpaired) electrons. The van der Waals surface area contributed by atoms with Crippen LogP contribution in [0.15, 0.2) is 12.1 Å². The lowest BCUT2D eigenvalue weighted by Crippen LogP contribution is -2.03. The lowest BCUT2D eigenvalue weighted by atomic mass is 10.1. The van der Waals surface area contributed by atoms with Gasteiger partial charge >= 0.3 is 0 Å². The predicted molar refractivity (Wildman–Crippen MR) is 45.8 cm³/mol. The summed E-state index contributed by atoms with van der Waals surface area (Å²) < 4.78 is 37.4. The van der Waals surface area contributed by atoms with Crippen molar-refractivity contribution < 1.29 is 18.0 Å². The van der Waals surface area contributed by atoms with Crippen molar-refractivity contribution in [2.45, 2.75) is 13.3 Å². The molecule has 0 aromatic heterocycles. The average molecular weight is 203 g/mol. The Morgan fingerprint density at radius 2 is 2.00 bits per heavy atom. The average Bonchev–Trinajstić information content (AvgIpc) is 2.07. The van der Waals surface area contributed by atoms with E-state index in [0.717, 1.165) is 13.0 Å². The number of carbonyl (C=O) groups excluding carboxylic acids is 1. The Labute approximate surface area is 78.5 Å². The first-order chi connectivity index (χ1) is 6.43. The smallest absolute Gasteiger partial charge is 0.265 e. The number of nitrogens with two attached hydrogens (primary N) is 1. The summed E-state index contributed by atoms with van der Waals surface area (Å²) in [5.74, 6) is -1.52. The van der Waals surface area contributed by atoms with Gasteiger partial charge in [0.15, 0.2) is 5.78 Å². The van der Waals surface area contributed by atoms with Gasteiger partial charge in [0.1, 0.15) is 5.82 Å². The van der Waals surface area contributed by atoms with Crippen LogP contribution in [0.4, 0.5) is 18.9 Å². The van der Waals surface area contributed by atoms with E-state index < -0.39 is 23.6 Å². The molecule has 0 heterocycles. The third-order valence-corrected chi connectivity index (χ3v) is 1.79. The summed E-state index contributed by atoms with van der Waals surface area (Å²) in [5.41, 5.74) is 4.10. The molecule has 14 heavy (non-hydrogen) atoms. The van der Waals surface area contributed by atoms with E-state index in [2.05, 4.69) is 0 Å². The molecule has 1 aromatic rings. The Hall–Kier alpha value is -1.52. The van der Waals surface area contributed by atoms with E-state index >= 15 is 0 Å². The summed E-state index contributed by atoms with van der Waals surface area (Å²) in [6.07, 6.45) is -2.84. The standard InChI is InChI=1S/C9H8F3NO/c1-4(14)5-3-8(13)6(9(11)12)2-7(5)10/h2-3,9H,13H2,1H3. The number of rotatable bonds is 2. The molecule has 76 valence electrons. The van der Waals surface area contributed by atoms with Crippen LogP contribution in [0.5, 0.6) is 0 Å². The minimum Gasteiger partial charge on any atom is -0.398 e. The minimum atomic E-state index is -2.84. The molecule has 0 aliphatic rings. The molecule has 5 heteroatoms. The maximum atomic E-state index is 13.0. The van der Waals surface area contributed by atoms with Crippen LogP contribution in [-0.2, 0) is 0 Å². The molecule has 2 N–H and O–H groups in total. The number of ketones is 1. The van der Waals surface area contributed by atoms with Gasteiger partial charge in [-0.1, -0.05) is 0 Å². The number of benzene rings is 1. The van der Waals surface area contributed by atoms with Crippen LogP contribution in [-0.4, -0.2) is 5.78 Å². The number of halogens is 3. The van der Waals surface area contributed by atoms with Gasteiger partial charge in [0.05, 0.1) is 5.56 Å². The van der Waals surface area contributed by atoms with E-state index in [9.17, 15) is 18.0 Å². The van der Waals surface area contributed by atoms with Crippen molar-refractivity contribution in [2.24, 2.45) is 0 Å². The van der Waals surface area contributed by atoms with E-state index in [1.54, 1.807) is 0 Å². The molecule has 0 saturated carbocycles. The summed E-state index contributed by atoms with van der Waals surface area (Å²) in [5, 5.41) is 0. The maximum absolute atomic E-state index is 13.0. The van der Waals surface area contributed by atoms with Gasteiger partial charge in [-0.2, -0.15) is 0 Å². The Bertz CT molecular complexity index is 377. The van der Waals surface area contributed by atoms with E-state index in [4.69, 9.17) is 5.73 Å². The third-order valence-electron chi connectivity index (χ3n) is 1.79. The van der Waals surface area contributed by atoms with E-state index in [-0.39, 0.29) is 11.3 Å². The number of Topliss-reactive ketones (excluding diaryl/α,β-unsaturated/α-hetero) is 1. The molecule has 0 unspecified atom stereocenters. The van der Waals surface area contributed by atoms with Crippen LogP contribution >= 0.6 is 0 Å². The first-order valence-corrected chi connectivity index (χ1v) is 3.81. The first-order valence-electron chi connectivity index (χ1n) is 3.81. The summed E-state index contributed by atoms with van der Waals surface area (Å²) in [7, 11) is 0. The van der Waals surface area contributed by atoms with Gasteiger partial charge in [0.2, 0.25) is 0 Å². The highest BCUT2D eigenvalue weighted by Gasteiger charge is 2.16. The van der Waals surface area contributed by atoms with Gasteiger partial charge in [0.25, 0.3) is 6.43 Å². The Morgan fingerprint density at radius 1 is 1.43 bits per heavy atom. The van der Waals surface area contributed by atoms with Crippen LogP contribution in [0.1, 0.15) is 29.3 Å². The molecule has 0 fully saturated rings. The number of alkyl halides is 2. The number of hydrogen-bond acceptors (Lipinski definition) is 2. The molecule has 1 rings (SSSR count). The Kier molecular flexibility index (Phi) is 2.78. The molecular formula is C9H8F3NO. The summed E-state index contributed by atoms with van der Waals surface area (Å²) in [6.45, 7) is 1.14. The van der Waals surface area contributed by atoms with Crippen molar-refractivity contribution in [3.05, 3.63) is 29.1 Å². The molecule has 0 amide bonds. The zero-order chi connectivity index (χ0) is 10.9. The molecule has 0 atom stereocenters. The second-order valence-electron chi connectivity index (χ2n) is 2.82. The van der Waals surface area contributed by atoms with E-state index in [0.29, 0.717) is 6.07 Å². The largest absolute Gasteiger partial charge is 0.398 e. The van der Waals surface area contributed by atoms with Gasteiger partial charge in [-0.3, -0.25) is 4.79 Å². The van der Waals surface area contributed by atoms with Crippen molar-refractivity contribution in [3.8, 4) is 0 Å². The zero-order valence-corrected chi connectivity index (χ0v) is 7.35. The lowest BCUT2D eigenvalue weighted by Gasteiger charge is -2.06. The zero-order valence-electron chi connectivity index (χ0n) is 7.35. The SMILES string of the molecule is CC(=O)c1cc(N)c(C(F)F)cc1F. The molecule has 0 spiro atoms. The highest BCUT2D eigenvalue weighted by atomic mass is 19.3. The van der Waals surface area contributed by atoms with E-state index in [1.165, 1.54) is 0 Å². The number of anilines is 1. The van der Waals surface area contributed by atoms with Gasteiger partial charge in [-0.15, -0.1) is 0 Å². The Balaban J connectivity index is 3.31. The van der Waals surface area contributed by atoms with Crippen molar-refractivity contribution >= 4 is 11.5 Å². The van der Waals surface area contributed by atoms with Crippen molar-refractivity contribution in [1.29, 1.82) is 0 Å². The van der Waals surface area contributed by atoms with Crippen molar-refractivity contribution in [2.75, 3.05) is 5.73 Å². The van der Waals surface area contributed by atoms with E-state index in [1.807, 2.05) is 0 Å². The molecular weight excluding hydrogens is 195 g/mol. The molecule has 0 aliphatic carbocycles. The topological polar surface area (TPSA) is 43.1 Å². The highest BCUT2D eigenvalue weighted by molar-refractivity contribution is 5.95. The number of carbonyl (C=O) groups is 1. The van der Waals surface area contributed by atoms with Crippen LogP contribution in [0.3, 0.4) is 0 Å². The third kappa shape index (κ3) is 1.86. The molecule has 0 saturated heterocycles. The van der Waals surface area contributed by atoms with Crippen LogP contribution in [0, 0.1) is 5.82 Å². The van der Waals surface area contributed by atoms with Crippen LogP contribution in [0.2, 0.25) is 0 Å². The highest BCUT2D eigenvalue weighted by Crippen LogP contribution is 2.27. The van der Waals surface area contributed by atoms with Crippen LogP contribution < -0.4 is 5.73 Å². The predicted octanol–water partition coefficient (Wildman–Crippen LogP) is 2.55. The molecule has 2 nitrogen and oxygen atoms in total. The van der Waals surface area contributed by atoms with Gasteiger partial charge in [-0.25, -0.2) is 13.2 Å². The summed E-state index contributed by atoms with van der Waals surface area (Å²) in [6, 6.07) is 1.52. The monoisotopic (exact) mass is 203 g/mol. The normalized spacial score (nSPS) is 10.6. The summed E-state index contributed by atoms with van der Waals surface area (Å²) >= 11 is 0. The fraction of sp³-hybridized carbons (Fsp3) is 0.222. The Morgan fingerprint density at radius 3 is 2.43 bits per heavy atom. The minimum absolute atomic E-state index is 0.271. The van der Waals surface area contributed by atoms with Crippen molar-refractivity contribution in [1.82, 2.24) is 0 Å². The number of hydrogen-bond donors (Lipinski definition) is 1. The molecule has 0 aliphatic heterocycles. The first kappa shape index (κ1) is 10.6. The molecule has 0 bridgehead atoms. The van der Waals surface area contributed by atoms with Gasteiger partial charge < -0.3 is 5.73 Å². The maximum Gasteiger partial charge on any atom is 0.265 e. The van der Waals surface area contributed by atoms with Gasteiger partial charge in [0, 0.05) is 11.3 Å². The number of nitrogen functional groups attached to an aromatic ring is 1.